The Morgan fingerprint density at radius 3 is 2.29 bits per heavy atom. The quantitative estimate of drug-likeness (QED) is 0.890. The van der Waals surface area contributed by atoms with E-state index in [1.54, 1.807) is 26.4 Å². The summed E-state index contributed by atoms with van der Waals surface area (Å²) in [7, 11) is 3.26. The van der Waals surface area contributed by atoms with Crippen LogP contribution >= 0.6 is 15.9 Å². The number of nitrogens with zero attached hydrogens (tertiary/aromatic N) is 1. The smallest absolute Gasteiger partial charge is 0.122 e. The molecule has 0 aromatic heterocycles. The summed E-state index contributed by atoms with van der Waals surface area (Å²) in [4.78, 5) is 0. The van der Waals surface area contributed by atoms with Crippen molar-refractivity contribution in [2.45, 2.75) is 6.54 Å². The molecule has 0 atom stereocenters. The molecule has 0 aliphatic heterocycles. The molecule has 0 fully saturated rings. The van der Waals surface area contributed by atoms with E-state index in [0.717, 1.165) is 27.2 Å². The molecule has 2 aromatic rings. The lowest BCUT2D eigenvalue weighted by atomic mass is 10.2. The van der Waals surface area contributed by atoms with Gasteiger partial charge in [-0.05, 0) is 51.8 Å². The average molecular weight is 347 g/mol. The van der Waals surface area contributed by atoms with Crippen LogP contribution in [-0.4, -0.2) is 14.2 Å². The lowest BCUT2D eigenvalue weighted by Gasteiger charge is -2.11. The number of anilines is 1. The molecule has 0 heterocycles. The first-order valence-electron chi connectivity index (χ1n) is 6.31. The number of ether oxygens (including phenoxy) is 2. The highest BCUT2D eigenvalue weighted by atomic mass is 79.9. The molecule has 2 rings (SSSR count). The van der Waals surface area contributed by atoms with Gasteiger partial charge in [-0.25, -0.2) is 0 Å². The number of hydrogen-bond acceptors (Lipinski definition) is 4. The second-order valence-corrected chi connectivity index (χ2v) is 5.24. The number of nitriles is 1. The molecule has 0 amide bonds. The second kappa shape index (κ2) is 7.00. The molecular weight excluding hydrogens is 332 g/mol. The Labute approximate surface area is 132 Å². The van der Waals surface area contributed by atoms with Crippen molar-refractivity contribution >= 4 is 21.6 Å². The van der Waals surface area contributed by atoms with Gasteiger partial charge in [-0.15, -0.1) is 0 Å². The number of halogens is 1. The van der Waals surface area contributed by atoms with Crippen molar-refractivity contribution in [2.24, 2.45) is 0 Å². The van der Waals surface area contributed by atoms with Crippen LogP contribution in [0.15, 0.2) is 40.9 Å². The van der Waals surface area contributed by atoms with Gasteiger partial charge in [-0.2, -0.15) is 5.26 Å². The molecule has 21 heavy (non-hydrogen) atoms. The molecule has 0 aliphatic carbocycles. The third-order valence-electron chi connectivity index (χ3n) is 2.99. The third kappa shape index (κ3) is 3.89. The van der Waals surface area contributed by atoms with Crippen LogP contribution in [0.25, 0.3) is 0 Å². The van der Waals surface area contributed by atoms with E-state index in [4.69, 9.17) is 14.7 Å². The molecule has 0 spiro atoms. The van der Waals surface area contributed by atoms with Gasteiger partial charge in [-0.1, -0.05) is 0 Å². The van der Waals surface area contributed by atoms with Gasteiger partial charge in [0.2, 0.25) is 0 Å². The largest absolute Gasteiger partial charge is 0.497 e. The summed E-state index contributed by atoms with van der Waals surface area (Å²) in [6, 6.07) is 13.3. The fourth-order valence-electron chi connectivity index (χ4n) is 1.89. The fourth-order valence-corrected chi connectivity index (χ4v) is 2.41. The van der Waals surface area contributed by atoms with Crippen molar-refractivity contribution in [1.29, 1.82) is 5.26 Å². The maximum Gasteiger partial charge on any atom is 0.122 e. The minimum absolute atomic E-state index is 0.621. The molecule has 0 saturated carbocycles. The first kappa shape index (κ1) is 15.2. The highest BCUT2D eigenvalue weighted by Gasteiger charge is 2.04. The number of rotatable bonds is 5. The maximum atomic E-state index is 8.86. The average Bonchev–Trinajstić information content (AvgIpc) is 2.53. The predicted molar refractivity (Wildman–Crippen MR) is 85.7 cm³/mol. The zero-order chi connectivity index (χ0) is 15.2. The van der Waals surface area contributed by atoms with E-state index in [9.17, 15) is 0 Å². The van der Waals surface area contributed by atoms with Gasteiger partial charge in [0.25, 0.3) is 0 Å². The second-order valence-electron chi connectivity index (χ2n) is 4.38. The Hall–Kier alpha value is -2.19. The van der Waals surface area contributed by atoms with Crippen molar-refractivity contribution in [3.63, 3.8) is 0 Å². The summed E-state index contributed by atoms with van der Waals surface area (Å²) in [5.41, 5.74) is 2.59. The third-order valence-corrected chi connectivity index (χ3v) is 3.65. The topological polar surface area (TPSA) is 54.3 Å². The van der Waals surface area contributed by atoms with Crippen LogP contribution in [0.2, 0.25) is 0 Å². The van der Waals surface area contributed by atoms with Crippen LogP contribution in [0.4, 0.5) is 5.69 Å². The Morgan fingerprint density at radius 2 is 1.76 bits per heavy atom. The van der Waals surface area contributed by atoms with Gasteiger partial charge >= 0.3 is 0 Å². The summed E-state index contributed by atoms with van der Waals surface area (Å²) in [6.07, 6.45) is 0. The van der Waals surface area contributed by atoms with E-state index in [-0.39, 0.29) is 0 Å². The molecule has 0 saturated heterocycles. The summed E-state index contributed by atoms with van der Waals surface area (Å²) in [6.45, 7) is 0.623. The monoisotopic (exact) mass is 346 g/mol. The zero-order valence-corrected chi connectivity index (χ0v) is 13.4. The van der Waals surface area contributed by atoms with E-state index < -0.39 is 0 Å². The molecular formula is C16H15BrN2O2. The highest BCUT2D eigenvalue weighted by molar-refractivity contribution is 9.10. The number of hydrogen-bond donors (Lipinski definition) is 1. The molecule has 0 aliphatic rings. The molecule has 1 N–H and O–H groups in total. The Morgan fingerprint density at radius 1 is 1.10 bits per heavy atom. The van der Waals surface area contributed by atoms with Crippen LogP contribution in [0, 0.1) is 11.3 Å². The SMILES string of the molecule is COc1cc(CNc2ccc(C#N)cc2Br)cc(OC)c1. The van der Waals surface area contributed by atoms with E-state index >= 15 is 0 Å². The summed E-state index contributed by atoms with van der Waals surface area (Å²) < 4.78 is 11.4. The highest BCUT2D eigenvalue weighted by Crippen LogP contribution is 2.26. The molecule has 0 radical (unpaired) electrons. The maximum absolute atomic E-state index is 8.86. The number of nitrogens with one attached hydrogen (secondary N) is 1. The minimum Gasteiger partial charge on any atom is -0.497 e. The zero-order valence-electron chi connectivity index (χ0n) is 11.8. The molecule has 108 valence electrons. The van der Waals surface area contributed by atoms with Gasteiger partial charge in [0.15, 0.2) is 0 Å². The number of benzene rings is 2. The van der Waals surface area contributed by atoms with Gasteiger partial charge in [-0.3, -0.25) is 0 Å². The van der Waals surface area contributed by atoms with Crippen molar-refractivity contribution < 1.29 is 9.47 Å². The Bertz CT molecular complexity index is 658. The first-order chi connectivity index (χ1) is 10.2. The van der Waals surface area contributed by atoms with Gasteiger partial charge in [0.05, 0.1) is 25.9 Å². The van der Waals surface area contributed by atoms with Crippen molar-refractivity contribution in [3.05, 3.63) is 52.0 Å². The predicted octanol–water partition coefficient (Wildman–Crippen LogP) is 3.95. The first-order valence-corrected chi connectivity index (χ1v) is 7.11. The van der Waals surface area contributed by atoms with Crippen LogP contribution in [0.1, 0.15) is 11.1 Å². The summed E-state index contributed by atoms with van der Waals surface area (Å²) >= 11 is 3.45. The van der Waals surface area contributed by atoms with Gasteiger partial charge in [0, 0.05) is 22.8 Å². The fraction of sp³-hybridized carbons (Fsp3) is 0.188. The van der Waals surface area contributed by atoms with E-state index in [1.807, 2.05) is 24.3 Å². The standard InChI is InChI=1S/C16H15BrN2O2/c1-20-13-5-12(6-14(8-13)21-2)10-19-16-4-3-11(9-18)7-15(16)17/h3-8,19H,10H2,1-2H3. The molecule has 0 unspecified atom stereocenters. The minimum atomic E-state index is 0.621. The van der Waals surface area contributed by atoms with Gasteiger partial charge < -0.3 is 14.8 Å². The normalized spacial score (nSPS) is 9.81. The van der Waals surface area contributed by atoms with Crippen molar-refractivity contribution in [2.75, 3.05) is 19.5 Å². The van der Waals surface area contributed by atoms with Crippen LogP contribution in [0.5, 0.6) is 11.5 Å². The van der Waals surface area contributed by atoms with Crippen molar-refractivity contribution in [1.82, 2.24) is 0 Å². The molecule has 0 bridgehead atoms. The van der Waals surface area contributed by atoms with Crippen molar-refractivity contribution in [3.8, 4) is 17.6 Å². The molecule has 5 heteroatoms. The molecule has 2 aromatic carbocycles. The van der Waals surface area contributed by atoms with E-state index in [0.29, 0.717) is 12.1 Å². The van der Waals surface area contributed by atoms with E-state index in [1.165, 1.54) is 0 Å². The van der Waals surface area contributed by atoms with Crippen LogP contribution in [-0.2, 0) is 6.54 Å². The van der Waals surface area contributed by atoms with E-state index in [2.05, 4.69) is 27.3 Å². The lowest BCUT2D eigenvalue weighted by molar-refractivity contribution is 0.393. The number of methoxy groups -OCH3 is 2. The molecule has 4 nitrogen and oxygen atoms in total. The van der Waals surface area contributed by atoms with Crippen LogP contribution < -0.4 is 14.8 Å². The lowest BCUT2D eigenvalue weighted by Crippen LogP contribution is -2.01. The Kier molecular flexibility index (Phi) is 5.07. The van der Waals surface area contributed by atoms with Crippen LogP contribution in [0.3, 0.4) is 0 Å². The summed E-state index contributed by atoms with van der Waals surface area (Å²) in [5, 5.41) is 12.2. The Balaban J connectivity index is 2.14. The van der Waals surface area contributed by atoms with Gasteiger partial charge in [0.1, 0.15) is 11.5 Å². The summed E-state index contributed by atoms with van der Waals surface area (Å²) in [5.74, 6) is 1.51.